The molecule has 2 rings (SSSR count). The van der Waals surface area contributed by atoms with E-state index in [1.54, 1.807) is 0 Å². The van der Waals surface area contributed by atoms with Crippen LogP contribution in [0.25, 0.3) is 0 Å². The van der Waals surface area contributed by atoms with E-state index in [1.807, 2.05) is 26.0 Å². The zero-order valence-corrected chi connectivity index (χ0v) is 14.7. The van der Waals surface area contributed by atoms with Gasteiger partial charge in [-0.3, -0.25) is 5.84 Å². The van der Waals surface area contributed by atoms with Crippen LogP contribution in [0.5, 0.6) is 5.75 Å². The molecule has 1 unspecified atom stereocenters. The fourth-order valence-electron chi connectivity index (χ4n) is 2.27. The first kappa shape index (κ1) is 16.3. The van der Waals surface area contributed by atoms with Gasteiger partial charge in [0.1, 0.15) is 5.75 Å². The van der Waals surface area contributed by atoms with Gasteiger partial charge < -0.3 is 4.74 Å². The summed E-state index contributed by atoms with van der Waals surface area (Å²) in [5, 5.41) is 0. The molecule has 0 aliphatic rings. The summed E-state index contributed by atoms with van der Waals surface area (Å²) in [6, 6.07) is 14.3. The van der Waals surface area contributed by atoms with Gasteiger partial charge in [0, 0.05) is 3.57 Å². The monoisotopic (exact) mass is 396 g/mol. The highest BCUT2D eigenvalue weighted by molar-refractivity contribution is 14.1. The highest BCUT2D eigenvalue weighted by atomic mass is 127. The Morgan fingerprint density at radius 1 is 1.10 bits per heavy atom. The van der Waals surface area contributed by atoms with Crippen LogP contribution in [0.15, 0.2) is 42.5 Å². The van der Waals surface area contributed by atoms with Gasteiger partial charge in [0.25, 0.3) is 0 Å². The average Bonchev–Trinajstić information content (AvgIpc) is 2.45. The first-order valence-electron chi connectivity index (χ1n) is 7.00. The Bertz CT molecular complexity index is 596. The van der Waals surface area contributed by atoms with Crippen LogP contribution in [-0.2, 0) is 0 Å². The van der Waals surface area contributed by atoms with Crippen molar-refractivity contribution in [2.75, 3.05) is 0 Å². The van der Waals surface area contributed by atoms with E-state index in [4.69, 9.17) is 10.6 Å². The van der Waals surface area contributed by atoms with E-state index in [9.17, 15) is 0 Å². The highest BCUT2D eigenvalue weighted by Gasteiger charge is 2.16. The Morgan fingerprint density at radius 3 is 2.33 bits per heavy atom. The van der Waals surface area contributed by atoms with Gasteiger partial charge >= 0.3 is 0 Å². The number of ether oxygens (including phenoxy) is 1. The van der Waals surface area contributed by atoms with E-state index in [-0.39, 0.29) is 12.1 Å². The number of rotatable bonds is 5. The van der Waals surface area contributed by atoms with Gasteiger partial charge in [-0.25, -0.2) is 5.43 Å². The normalized spacial score (nSPS) is 12.5. The Hall–Kier alpha value is -1.11. The smallest absolute Gasteiger partial charge is 0.119 e. The molecule has 0 heterocycles. The molecule has 1 atom stereocenters. The van der Waals surface area contributed by atoms with Gasteiger partial charge in [0.15, 0.2) is 0 Å². The van der Waals surface area contributed by atoms with Crippen molar-refractivity contribution in [1.82, 2.24) is 5.43 Å². The molecule has 0 aliphatic heterocycles. The van der Waals surface area contributed by atoms with Gasteiger partial charge in [-0.1, -0.05) is 30.3 Å². The lowest BCUT2D eigenvalue weighted by Crippen LogP contribution is -2.29. The van der Waals surface area contributed by atoms with E-state index >= 15 is 0 Å². The number of hydrazine groups is 1. The number of aryl methyl sites for hydroxylation is 1. The molecule has 0 bridgehead atoms. The SMILES string of the molecule is Cc1cccc(C(NN)c2ccc(OC(C)C)cc2)c1I. The predicted molar refractivity (Wildman–Crippen MR) is 95.3 cm³/mol. The van der Waals surface area contributed by atoms with E-state index in [2.05, 4.69) is 65.3 Å². The number of nitrogens with two attached hydrogens (primary N) is 1. The molecular formula is C17H21IN2O. The third kappa shape index (κ3) is 3.96. The maximum absolute atomic E-state index is 5.79. The van der Waals surface area contributed by atoms with Crippen LogP contribution in [0.1, 0.15) is 36.6 Å². The molecule has 0 saturated carbocycles. The predicted octanol–water partition coefficient (Wildman–Crippen LogP) is 3.94. The molecule has 0 aliphatic carbocycles. The number of benzene rings is 2. The Morgan fingerprint density at radius 2 is 1.76 bits per heavy atom. The fourth-order valence-corrected chi connectivity index (χ4v) is 2.94. The van der Waals surface area contributed by atoms with Crippen LogP contribution in [0, 0.1) is 10.5 Å². The molecule has 112 valence electrons. The van der Waals surface area contributed by atoms with Gasteiger partial charge in [0.05, 0.1) is 12.1 Å². The minimum absolute atomic E-state index is 0.0232. The zero-order chi connectivity index (χ0) is 15.4. The molecule has 2 aromatic carbocycles. The summed E-state index contributed by atoms with van der Waals surface area (Å²) >= 11 is 2.37. The second-order valence-corrected chi connectivity index (χ2v) is 6.39. The van der Waals surface area contributed by atoms with E-state index in [0.29, 0.717) is 0 Å². The van der Waals surface area contributed by atoms with Crippen LogP contribution in [0.4, 0.5) is 0 Å². The largest absolute Gasteiger partial charge is 0.491 e. The molecule has 0 radical (unpaired) electrons. The summed E-state index contributed by atoms with van der Waals surface area (Å²) in [4.78, 5) is 0. The number of halogens is 1. The van der Waals surface area contributed by atoms with Crippen molar-refractivity contribution in [3.8, 4) is 5.75 Å². The minimum Gasteiger partial charge on any atom is -0.491 e. The average molecular weight is 396 g/mol. The molecule has 0 aromatic heterocycles. The first-order valence-corrected chi connectivity index (χ1v) is 8.08. The first-order chi connectivity index (χ1) is 10.0. The molecule has 3 N–H and O–H groups in total. The summed E-state index contributed by atoms with van der Waals surface area (Å²) < 4.78 is 6.91. The number of hydrogen-bond donors (Lipinski definition) is 2. The van der Waals surface area contributed by atoms with Crippen molar-refractivity contribution in [3.63, 3.8) is 0 Å². The van der Waals surface area contributed by atoms with Crippen molar-refractivity contribution in [3.05, 3.63) is 62.7 Å². The Balaban J connectivity index is 2.31. The zero-order valence-electron chi connectivity index (χ0n) is 12.6. The lowest BCUT2D eigenvalue weighted by molar-refractivity contribution is 0.242. The molecule has 3 nitrogen and oxygen atoms in total. The third-order valence-corrected chi connectivity index (χ3v) is 4.76. The van der Waals surface area contributed by atoms with Gasteiger partial charge in [-0.05, 0) is 72.2 Å². The van der Waals surface area contributed by atoms with Crippen molar-refractivity contribution in [1.29, 1.82) is 0 Å². The number of nitrogens with one attached hydrogen (secondary N) is 1. The molecule has 4 heteroatoms. The van der Waals surface area contributed by atoms with Crippen LogP contribution in [0.2, 0.25) is 0 Å². The Kier molecular flexibility index (Phi) is 5.61. The molecule has 21 heavy (non-hydrogen) atoms. The fraction of sp³-hybridized carbons (Fsp3) is 0.294. The molecule has 0 amide bonds. The van der Waals surface area contributed by atoms with Gasteiger partial charge in [-0.15, -0.1) is 0 Å². The van der Waals surface area contributed by atoms with Crippen molar-refractivity contribution < 1.29 is 4.74 Å². The highest BCUT2D eigenvalue weighted by Crippen LogP contribution is 2.28. The van der Waals surface area contributed by atoms with Crippen LogP contribution in [0.3, 0.4) is 0 Å². The molecule has 0 spiro atoms. The van der Waals surface area contributed by atoms with Gasteiger partial charge in [0.2, 0.25) is 0 Å². The lowest BCUT2D eigenvalue weighted by atomic mass is 9.98. The second kappa shape index (κ2) is 7.24. The van der Waals surface area contributed by atoms with E-state index in [1.165, 1.54) is 14.7 Å². The molecule has 2 aromatic rings. The topological polar surface area (TPSA) is 47.3 Å². The standard InChI is InChI=1S/C17H21IN2O/c1-11(2)21-14-9-7-13(8-10-14)17(20-19)15-6-4-5-12(3)16(15)18/h4-11,17,20H,19H2,1-3H3. The lowest BCUT2D eigenvalue weighted by Gasteiger charge is -2.20. The van der Waals surface area contributed by atoms with Crippen LogP contribution in [-0.4, -0.2) is 6.10 Å². The van der Waals surface area contributed by atoms with E-state index < -0.39 is 0 Å². The molecular weight excluding hydrogens is 375 g/mol. The minimum atomic E-state index is -0.0232. The van der Waals surface area contributed by atoms with Crippen LogP contribution < -0.4 is 16.0 Å². The van der Waals surface area contributed by atoms with E-state index in [0.717, 1.165) is 11.3 Å². The third-order valence-electron chi connectivity index (χ3n) is 3.28. The summed E-state index contributed by atoms with van der Waals surface area (Å²) in [5.74, 6) is 6.67. The summed E-state index contributed by atoms with van der Waals surface area (Å²) in [6.45, 7) is 6.15. The second-order valence-electron chi connectivity index (χ2n) is 5.31. The molecule has 0 saturated heterocycles. The van der Waals surface area contributed by atoms with Gasteiger partial charge in [-0.2, -0.15) is 0 Å². The quantitative estimate of drug-likeness (QED) is 0.457. The Labute approximate surface area is 140 Å². The summed E-state index contributed by atoms with van der Waals surface area (Å²) in [5.41, 5.74) is 6.49. The maximum Gasteiger partial charge on any atom is 0.119 e. The van der Waals surface area contributed by atoms with Crippen molar-refractivity contribution in [2.45, 2.75) is 32.9 Å². The van der Waals surface area contributed by atoms with Crippen molar-refractivity contribution >= 4 is 22.6 Å². The number of hydrogen-bond acceptors (Lipinski definition) is 3. The maximum atomic E-state index is 5.79. The van der Waals surface area contributed by atoms with Crippen molar-refractivity contribution in [2.24, 2.45) is 5.84 Å². The van der Waals surface area contributed by atoms with Crippen LogP contribution >= 0.6 is 22.6 Å². The summed E-state index contributed by atoms with van der Waals surface area (Å²) in [6.07, 6.45) is 0.178. The summed E-state index contributed by atoms with van der Waals surface area (Å²) in [7, 11) is 0. The molecule has 0 fully saturated rings.